The summed E-state index contributed by atoms with van der Waals surface area (Å²) in [6, 6.07) is 6.30. The highest BCUT2D eigenvalue weighted by Gasteiger charge is 2.09. The second-order valence-electron chi connectivity index (χ2n) is 4.95. The zero-order valence-corrected chi connectivity index (χ0v) is 12.6. The molecule has 0 aliphatic heterocycles. The topological polar surface area (TPSA) is 90.1 Å². The van der Waals surface area contributed by atoms with Gasteiger partial charge in [-0.3, -0.25) is 14.9 Å². The van der Waals surface area contributed by atoms with E-state index in [1.54, 1.807) is 30.7 Å². The van der Waals surface area contributed by atoms with Crippen molar-refractivity contribution in [1.29, 1.82) is 0 Å². The number of amides is 1. The molecule has 7 heteroatoms. The molecule has 2 rings (SSSR count). The van der Waals surface area contributed by atoms with Crippen LogP contribution in [0, 0.1) is 10.1 Å². The number of nitro benzene ring substituents is 1. The number of para-hydroxylation sites is 1. The molecule has 0 saturated heterocycles. The number of nitro groups is 1. The number of nitrogens with zero attached hydrogens (tertiary/aromatic N) is 3. The van der Waals surface area contributed by atoms with E-state index in [4.69, 9.17) is 0 Å². The number of unbranched alkanes of at least 4 members (excludes halogenated alkanes) is 1. The Balaban J connectivity index is 1.73. The van der Waals surface area contributed by atoms with Crippen LogP contribution in [-0.4, -0.2) is 26.9 Å². The van der Waals surface area contributed by atoms with Crippen molar-refractivity contribution < 1.29 is 9.72 Å². The fourth-order valence-corrected chi connectivity index (χ4v) is 2.07. The first kappa shape index (κ1) is 16.4. The van der Waals surface area contributed by atoms with Crippen molar-refractivity contribution in [3.05, 3.63) is 64.7 Å². The predicted octanol–water partition coefficient (Wildman–Crippen LogP) is 2.40. The van der Waals surface area contributed by atoms with Crippen molar-refractivity contribution in [2.75, 3.05) is 6.54 Å². The van der Waals surface area contributed by atoms with Crippen molar-refractivity contribution >= 4 is 17.7 Å². The summed E-state index contributed by atoms with van der Waals surface area (Å²) in [5.41, 5.74) is 0.393. The zero-order valence-electron chi connectivity index (χ0n) is 12.6. The van der Waals surface area contributed by atoms with Gasteiger partial charge in [-0.15, -0.1) is 0 Å². The van der Waals surface area contributed by atoms with Crippen LogP contribution >= 0.6 is 0 Å². The van der Waals surface area contributed by atoms with Crippen molar-refractivity contribution in [2.45, 2.75) is 19.4 Å². The Hall–Kier alpha value is -2.96. The number of carbonyl (C=O) groups excluding carboxylic acids is 1. The van der Waals surface area contributed by atoms with Crippen LogP contribution in [0.3, 0.4) is 0 Å². The summed E-state index contributed by atoms with van der Waals surface area (Å²) in [5.74, 6) is -0.259. The third kappa shape index (κ3) is 5.39. The van der Waals surface area contributed by atoms with Gasteiger partial charge in [-0.05, 0) is 25.0 Å². The molecule has 1 N–H and O–H groups in total. The predicted molar refractivity (Wildman–Crippen MR) is 86.6 cm³/mol. The van der Waals surface area contributed by atoms with Crippen LogP contribution in [0.5, 0.6) is 0 Å². The first-order valence-electron chi connectivity index (χ1n) is 7.32. The molecule has 0 fully saturated rings. The average molecular weight is 314 g/mol. The Morgan fingerprint density at radius 2 is 2.17 bits per heavy atom. The van der Waals surface area contributed by atoms with Crippen molar-refractivity contribution in [1.82, 2.24) is 14.9 Å². The largest absolute Gasteiger partial charge is 0.353 e. The molecular formula is C16H18N4O3. The standard InChI is InChI=1S/C16H18N4O3/c21-16(18-9-3-4-11-19-12-10-17-13-19)8-7-14-5-1-2-6-15(14)20(22)23/h1-2,5-8,10,12-13H,3-4,9,11H2,(H,18,21)/b8-7-. The number of aromatic nitrogens is 2. The molecule has 1 aromatic carbocycles. The fourth-order valence-electron chi connectivity index (χ4n) is 2.07. The molecule has 0 radical (unpaired) electrons. The van der Waals surface area contributed by atoms with Gasteiger partial charge in [0.25, 0.3) is 5.69 Å². The van der Waals surface area contributed by atoms with Crippen LogP contribution in [0.4, 0.5) is 5.69 Å². The molecule has 1 aromatic heterocycles. The minimum atomic E-state index is -0.465. The molecule has 0 spiro atoms. The lowest BCUT2D eigenvalue weighted by Crippen LogP contribution is -2.22. The molecule has 7 nitrogen and oxygen atoms in total. The Kier molecular flexibility index (Phi) is 6.05. The fraction of sp³-hybridized carbons (Fsp3) is 0.250. The van der Waals surface area contributed by atoms with Gasteiger partial charge in [-0.25, -0.2) is 4.98 Å². The van der Waals surface area contributed by atoms with Crippen molar-refractivity contribution in [3.63, 3.8) is 0 Å². The molecule has 0 aliphatic rings. The molecule has 0 atom stereocenters. The van der Waals surface area contributed by atoms with E-state index in [-0.39, 0.29) is 11.6 Å². The van der Waals surface area contributed by atoms with E-state index in [0.717, 1.165) is 19.4 Å². The smallest absolute Gasteiger partial charge is 0.276 e. The number of imidazole rings is 1. The van der Waals surface area contributed by atoms with Gasteiger partial charge in [0.1, 0.15) is 0 Å². The molecule has 120 valence electrons. The van der Waals surface area contributed by atoms with E-state index in [9.17, 15) is 14.9 Å². The average Bonchev–Trinajstić information content (AvgIpc) is 3.06. The molecule has 1 heterocycles. The maximum absolute atomic E-state index is 11.7. The second kappa shape index (κ2) is 8.47. The summed E-state index contributed by atoms with van der Waals surface area (Å²) >= 11 is 0. The van der Waals surface area contributed by atoms with Crippen LogP contribution in [0.15, 0.2) is 49.1 Å². The first-order valence-corrected chi connectivity index (χ1v) is 7.32. The Morgan fingerprint density at radius 1 is 1.35 bits per heavy atom. The van der Waals surface area contributed by atoms with Crippen LogP contribution in [0.2, 0.25) is 0 Å². The SMILES string of the molecule is O=C(/C=C\c1ccccc1[N+](=O)[O-])NCCCCn1ccnc1. The van der Waals surface area contributed by atoms with Gasteiger partial charge in [0.15, 0.2) is 0 Å². The number of carbonyl (C=O) groups is 1. The maximum Gasteiger partial charge on any atom is 0.276 e. The zero-order chi connectivity index (χ0) is 16.5. The highest BCUT2D eigenvalue weighted by atomic mass is 16.6. The third-order valence-electron chi connectivity index (χ3n) is 3.25. The maximum atomic E-state index is 11.7. The minimum Gasteiger partial charge on any atom is -0.353 e. The van der Waals surface area contributed by atoms with Gasteiger partial charge in [-0.1, -0.05) is 12.1 Å². The van der Waals surface area contributed by atoms with Crippen LogP contribution in [0.1, 0.15) is 18.4 Å². The van der Waals surface area contributed by atoms with E-state index in [0.29, 0.717) is 12.1 Å². The molecule has 23 heavy (non-hydrogen) atoms. The van der Waals surface area contributed by atoms with E-state index in [1.807, 2.05) is 10.8 Å². The minimum absolute atomic E-state index is 0.0168. The van der Waals surface area contributed by atoms with Gasteiger partial charge in [0.05, 0.1) is 16.8 Å². The molecule has 1 amide bonds. The molecule has 2 aromatic rings. The first-order chi connectivity index (χ1) is 11.2. The molecule has 0 unspecified atom stereocenters. The van der Waals surface area contributed by atoms with Gasteiger partial charge in [0, 0.05) is 37.6 Å². The number of aryl methyl sites for hydroxylation is 1. The third-order valence-corrected chi connectivity index (χ3v) is 3.25. The normalized spacial score (nSPS) is 10.8. The quantitative estimate of drug-likeness (QED) is 0.350. The Labute approximate surface area is 133 Å². The summed E-state index contributed by atoms with van der Waals surface area (Å²) in [4.78, 5) is 26.1. The van der Waals surface area contributed by atoms with E-state index in [2.05, 4.69) is 10.3 Å². The van der Waals surface area contributed by atoms with Gasteiger partial charge >= 0.3 is 0 Å². The van der Waals surface area contributed by atoms with E-state index in [1.165, 1.54) is 18.2 Å². The molecule has 0 aliphatic carbocycles. The number of benzene rings is 1. The summed E-state index contributed by atoms with van der Waals surface area (Å²) < 4.78 is 1.98. The summed E-state index contributed by atoms with van der Waals surface area (Å²) in [5, 5.41) is 13.6. The van der Waals surface area contributed by atoms with Crippen LogP contribution in [-0.2, 0) is 11.3 Å². The van der Waals surface area contributed by atoms with Crippen molar-refractivity contribution in [2.24, 2.45) is 0 Å². The number of rotatable bonds is 8. The second-order valence-corrected chi connectivity index (χ2v) is 4.95. The van der Waals surface area contributed by atoms with E-state index >= 15 is 0 Å². The van der Waals surface area contributed by atoms with E-state index < -0.39 is 4.92 Å². The number of hydrogen-bond donors (Lipinski definition) is 1. The number of nitrogens with one attached hydrogen (secondary N) is 1. The summed E-state index contributed by atoms with van der Waals surface area (Å²) in [6.07, 6.45) is 9.95. The Bertz CT molecular complexity index is 680. The number of hydrogen-bond acceptors (Lipinski definition) is 4. The molecule has 0 saturated carbocycles. The van der Waals surface area contributed by atoms with Gasteiger partial charge < -0.3 is 9.88 Å². The highest BCUT2D eigenvalue weighted by molar-refractivity contribution is 5.92. The highest BCUT2D eigenvalue weighted by Crippen LogP contribution is 2.18. The van der Waals surface area contributed by atoms with Crippen LogP contribution < -0.4 is 5.32 Å². The lowest BCUT2D eigenvalue weighted by atomic mass is 10.1. The lowest BCUT2D eigenvalue weighted by molar-refractivity contribution is -0.385. The van der Waals surface area contributed by atoms with Gasteiger partial charge in [-0.2, -0.15) is 0 Å². The van der Waals surface area contributed by atoms with Crippen LogP contribution in [0.25, 0.3) is 6.08 Å². The summed E-state index contributed by atoms with van der Waals surface area (Å²) in [7, 11) is 0. The molecular weight excluding hydrogens is 296 g/mol. The summed E-state index contributed by atoms with van der Waals surface area (Å²) in [6.45, 7) is 1.43. The lowest BCUT2D eigenvalue weighted by Gasteiger charge is -2.03. The van der Waals surface area contributed by atoms with Crippen molar-refractivity contribution in [3.8, 4) is 0 Å². The van der Waals surface area contributed by atoms with Gasteiger partial charge in [0.2, 0.25) is 5.91 Å². The molecule has 0 bridgehead atoms. The Morgan fingerprint density at radius 3 is 2.91 bits per heavy atom. The monoisotopic (exact) mass is 314 g/mol.